The molecule has 0 unspecified atom stereocenters. The fourth-order valence-corrected chi connectivity index (χ4v) is 2.65. The van der Waals surface area contributed by atoms with Crippen molar-refractivity contribution in [1.82, 2.24) is 4.98 Å². The second kappa shape index (κ2) is 6.14. The topological polar surface area (TPSA) is 50.9 Å². The molecule has 5 heteroatoms. The van der Waals surface area contributed by atoms with Gasteiger partial charge < -0.3 is 11.1 Å². The Hall–Kier alpha value is -0.910. The third kappa shape index (κ3) is 3.80. The van der Waals surface area contributed by atoms with Crippen LogP contribution >= 0.6 is 27.3 Å². The Morgan fingerprint density at radius 3 is 3.00 bits per heavy atom. The van der Waals surface area contributed by atoms with E-state index < -0.39 is 0 Å². The molecule has 1 aromatic carbocycles. The predicted molar refractivity (Wildman–Crippen MR) is 76.3 cm³/mol. The van der Waals surface area contributed by atoms with Gasteiger partial charge in [0, 0.05) is 28.6 Å². The Bertz CT molecular complexity index is 484. The summed E-state index contributed by atoms with van der Waals surface area (Å²) in [4.78, 5) is 5.36. The number of benzene rings is 1. The number of hydrogen-bond donors (Lipinski definition) is 2. The van der Waals surface area contributed by atoms with Gasteiger partial charge in [-0.3, -0.25) is 0 Å². The molecule has 17 heavy (non-hydrogen) atoms. The maximum Gasteiger partial charge on any atom is 0.182 e. The number of thiazole rings is 1. The zero-order valence-electron chi connectivity index (χ0n) is 9.32. The highest BCUT2D eigenvalue weighted by Crippen LogP contribution is 2.17. The molecule has 0 spiro atoms. The van der Waals surface area contributed by atoms with Crippen molar-refractivity contribution in [2.75, 3.05) is 11.9 Å². The van der Waals surface area contributed by atoms with Crippen LogP contribution in [0.15, 0.2) is 34.9 Å². The van der Waals surface area contributed by atoms with Crippen LogP contribution in [0.2, 0.25) is 0 Å². The number of halogens is 1. The lowest BCUT2D eigenvalue weighted by atomic mass is 10.1. The zero-order chi connectivity index (χ0) is 12.1. The molecule has 0 fully saturated rings. The van der Waals surface area contributed by atoms with Gasteiger partial charge in [0.2, 0.25) is 0 Å². The zero-order valence-corrected chi connectivity index (χ0v) is 11.7. The van der Waals surface area contributed by atoms with E-state index in [1.54, 1.807) is 11.3 Å². The van der Waals surface area contributed by atoms with Crippen molar-refractivity contribution in [2.45, 2.75) is 13.0 Å². The van der Waals surface area contributed by atoms with Crippen LogP contribution in [0, 0.1) is 0 Å². The van der Waals surface area contributed by atoms with E-state index >= 15 is 0 Å². The maximum absolute atomic E-state index is 5.54. The first-order chi connectivity index (χ1) is 8.28. The molecule has 0 atom stereocenters. The first-order valence-corrected chi connectivity index (χ1v) is 7.02. The third-order valence-electron chi connectivity index (χ3n) is 2.33. The molecule has 0 aliphatic rings. The second-order valence-electron chi connectivity index (χ2n) is 3.64. The standard InChI is InChI=1S/C12H14BrN3S/c13-10-3-1-2-9(6-10)4-5-15-12-16-8-11(7-14)17-12/h1-3,6,8H,4-5,7,14H2,(H,15,16). The van der Waals surface area contributed by atoms with E-state index in [4.69, 9.17) is 5.73 Å². The van der Waals surface area contributed by atoms with Crippen molar-refractivity contribution in [3.63, 3.8) is 0 Å². The number of aromatic nitrogens is 1. The van der Waals surface area contributed by atoms with Gasteiger partial charge in [0.15, 0.2) is 5.13 Å². The van der Waals surface area contributed by atoms with Crippen molar-refractivity contribution in [3.8, 4) is 0 Å². The molecule has 1 heterocycles. The summed E-state index contributed by atoms with van der Waals surface area (Å²) >= 11 is 5.08. The molecule has 0 aliphatic heterocycles. The maximum atomic E-state index is 5.54. The third-order valence-corrected chi connectivity index (χ3v) is 3.80. The van der Waals surface area contributed by atoms with Gasteiger partial charge in [-0.15, -0.1) is 11.3 Å². The Balaban J connectivity index is 1.83. The minimum absolute atomic E-state index is 0.560. The van der Waals surface area contributed by atoms with E-state index in [0.29, 0.717) is 6.54 Å². The van der Waals surface area contributed by atoms with Crippen molar-refractivity contribution in [2.24, 2.45) is 5.73 Å². The van der Waals surface area contributed by atoms with Gasteiger partial charge in [-0.25, -0.2) is 4.98 Å². The molecule has 2 aromatic rings. The number of anilines is 1. The van der Waals surface area contributed by atoms with Crippen molar-refractivity contribution in [1.29, 1.82) is 0 Å². The summed E-state index contributed by atoms with van der Waals surface area (Å²) in [7, 11) is 0. The lowest BCUT2D eigenvalue weighted by Crippen LogP contribution is -2.04. The van der Waals surface area contributed by atoms with E-state index in [0.717, 1.165) is 27.4 Å². The average molecular weight is 312 g/mol. The van der Waals surface area contributed by atoms with Gasteiger partial charge in [-0.2, -0.15) is 0 Å². The Labute approximate surface area is 113 Å². The SMILES string of the molecule is NCc1cnc(NCCc2cccc(Br)c2)s1. The van der Waals surface area contributed by atoms with Gasteiger partial charge in [-0.05, 0) is 24.1 Å². The lowest BCUT2D eigenvalue weighted by molar-refractivity contribution is 1.01. The highest BCUT2D eigenvalue weighted by Gasteiger charge is 2.00. The van der Waals surface area contributed by atoms with Crippen molar-refractivity contribution in [3.05, 3.63) is 45.4 Å². The Kier molecular flexibility index (Phi) is 4.53. The molecule has 0 radical (unpaired) electrons. The molecule has 3 N–H and O–H groups in total. The fourth-order valence-electron chi connectivity index (χ4n) is 1.49. The lowest BCUT2D eigenvalue weighted by Gasteiger charge is -2.03. The van der Waals surface area contributed by atoms with E-state index in [-0.39, 0.29) is 0 Å². The van der Waals surface area contributed by atoms with Crippen LogP contribution in [0.25, 0.3) is 0 Å². The van der Waals surface area contributed by atoms with E-state index in [1.165, 1.54) is 5.56 Å². The number of nitrogens with zero attached hydrogens (tertiary/aromatic N) is 1. The second-order valence-corrected chi connectivity index (χ2v) is 5.67. The van der Waals surface area contributed by atoms with Gasteiger partial charge in [0.05, 0.1) is 0 Å². The highest BCUT2D eigenvalue weighted by atomic mass is 79.9. The van der Waals surface area contributed by atoms with Crippen LogP contribution < -0.4 is 11.1 Å². The summed E-state index contributed by atoms with van der Waals surface area (Å²) in [5.41, 5.74) is 6.84. The molecule has 3 nitrogen and oxygen atoms in total. The van der Waals surface area contributed by atoms with Gasteiger partial charge >= 0.3 is 0 Å². The predicted octanol–water partition coefficient (Wildman–Crippen LogP) is 3.02. The first kappa shape index (κ1) is 12.5. The summed E-state index contributed by atoms with van der Waals surface area (Å²) in [6.07, 6.45) is 2.81. The van der Waals surface area contributed by atoms with Crippen LogP contribution in [-0.2, 0) is 13.0 Å². The average Bonchev–Trinajstić information content (AvgIpc) is 2.77. The monoisotopic (exact) mass is 311 g/mol. The summed E-state index contributed by atoms with van der Waals surface area (Å²) in [5.74, 6) is 0. The van der Waals surface area contributed by atoms with Crippen molar-refractivity contribution >= 4 is 32.4 Å². The number of nitrogens with one attached hydrogen (secondary N) is 1. The van der Waals surface area contributed by atoms with E-state index in [1.807, 2.05) is 12.3 Å². The number of rotatable bonds is 5. The molecule has 1 aromatic heterocycles. The molecule has 90 valence electrons. The van der Waals surface area contributed by atoms with Crippen molar-refractivity contribution < 1.29 is 0 Å². The van der Waals surface area contributed by atoms with Gasteiger partial charge in [0.1, 0.15) is 0 Å². The largest absolute Gasteiger partial charge is 0.361 e. The van der Waals surface area contributed by atoms with E-state index in [2.05, 4.69) is 44.4 Å². The van der Waals surface area contributed by atoms with Gasteiger partial charge in [-0.1, -0.05) is 28.1 Å². The first-order valence-electron chi connectivity index (χ1n) is 5.41. The Morgan fingerprint density at radius 2 is 2.29 bits per heavy atom. The molecule has 0 amide bonds. The summed E-state index contributed by atoms with van der Waals surface area (Å²) in [6, 6.07) is 8.34. The van der Waals surface area contributed by atoms with Crippen LogP contribution in [-0.4, -0.2) is 11.5 Å². The molecule has 2 rings (SSSR count). The minimum atomic E-state index is 0.560. The Morgan fingerprint density at radius 1 is 1.41 bits per heavy atom. The normalized spacial score (nSPS) is 10.5. The molecular formula is C12H14BrN3S. The number of nitrogens with two attached hydrogens (primary N) is 1. The molecule has 0 bridgehead atoms. The summed E-state index contributed by atoms with van der Waals surface area (Å²) in [6.45, 7) is 1.44. The van der Waals surface area contributed by atoms with E-state index in [9.17, 15) is 0 Å². The fraction of sp³-hybridized carbons (Fsp3) is 0.250. The number of hydrogen-bond acceptors (Lipinski definition) is 4. The molecule has 0 saturated carbocycles. The smallest absolute Gasteiger partial charge is 0.182 e. The van der Waals surface area contributed by atoms with Gasteiger partial charge in [0.25, 0.3) is 0 Å². The highest BCUT2D eigenvalue weighted by molar-refractivity contribution is 9.10. The molecule has 0 aliphatic carbocycles. The summed E-state index contributed by atoms with van der Waals surface area (Å²) < 4.78 is 1.12. The summed E-state index contributed by atoms with van der Waals surface area (Å²) in [5, 5.41) is 4.25. The quantitative estimate of drug-likeness (QED) is 0.892. The molecule has 0 saturated heterocycles. The van der Waals surface area contributed by atoms with Crippen LogP contribution in [0.5, 0.6) is 0 Å². The van der Waals surface area contributed by atoms with Crippen LogP contribution in [0.4, 0.5) is 5.13 Å². The molecular weight excluding hydrogens is 298 g/mol. The van der Waals surface area contributed by atoms with Crippen LogP contribution in [0.1, 0.15) is 10.4 Å². The van der Waals surface area contributed by atoms with Crippen LogP contribution in [0.3, 0.4) is 0 Å². The minimum Gasteiger partial charge on any atom is -0.361 e.